The number of nitrogens with one attached hydrogen (secondary N) is 1. The number of hydrogen-bond acceptors (Lipinski definition) is 6. The quantitative estimate of drug-likeness (QED) is 0.505. The first kappa shape index (κ1) is 17.3. The Morgan fingerprint density at radius 2 is 1.68 bits per heavy atom. The molecule has 0 heterocycles. The summed E-state index contributed by atoms with van der Waals surface area (Å²) in [4.78, 5) is 19.6. The fraction of sp³-hybridized carbons (Fsp3) is 0.364. The molecule has 0 aliphatic rings. The Balaban J connectivity index is 3.58. The lowest BCUT2D eigenvalue weighted by molar-refractivity contribution is -0.392. The van der Waals surface area contributed by atoms with Crippen LogP contribution in [0.1, 0.15) is 25.8 Å². The van der Waals surface area contributed by atoms with Crippen LogP contribution in [-0.4, -0.2) is 15.6 Å². The first-order chi connectivity index (χ1) is 10.1. The summed E-state index contributed by atoms with van der Waals surface area (Å²) in [6, 6.07) is 0.457. The fourth-order valence-corrected chi connectivity index (χ4v) is 1.41. The van der Waals surface area contributed by atoms with E-state index in [1.165, 1.54) is 0 Å². The number of rotatable bonds is 5. The van der Waals surface area contributed by atoms with Crippen LogP contribution in [0.15, 0.2) is 17.2 Å². The maximum atomic E-state index is 12.7. The van der Waals surface area contributed by atoms with E-state index >= 15 is 0 Å². The number of nitro groups is 2. The van der Waals surface area contributed by atoms with Crippen molar-refractivity contribution in [2.45, 2.75) is 26.4 Å². The summed E-state index contributed by atoms with van der Waals surface area (Å²) in [6.45, 7) is 3.27. The second-order valence-electron chi connectivity index (χ2n) is 4.21. The molecular weight excluding hydrogens is 309 g/mol. The van der Waals surface area contributed by atoms with Crippen molar-refractivity contribution in [3.8, 4) is 0 Å². The van der Waals surface area contributed by atoms with Crippen LogP contribution in [0.4, 0.5) is 30.2 Å². The van der Waals surface area contributed by atoms with E-state index in [-0.39, 0.29) is 12.1 Å². The Labute approximate surface area is 121 Å². The highest BCUT2D eigenvalue weighted by atomic mass is 19.4. The highest BCUT2D eigenvalue weighted by Gasteiger charge is 2.37. The van der Waals surface area contributed by atoms with Gasteiger partial charge in [-0.2, -0.15) is 18.3 Å². The third-order valence-electron chi connectivity index (χ3n) is 2.69. The number of alkyl halides is 3. The third-order valence-corrected chi connectivity index (χ3v) is 2.69. The molecule has 1 aromatic rings. The van der Waals surface area contributed by atoms with Gasteiger partial charge in [0.25, 0.3) is 0 Å². The van der Waals surface area contributed by atoms with E-state index in [4.69, 9.17) is 0 Å². The smallest absolute Gasteiger partial charge is 0.266 e. The van der Waals surface area contributed by atoms with Gasteiger partial charge in [0.2, 0.25) is 5.69 Å². The lowest BCUT2D eigenvalue weighted by Crippen LogP contribution is -2.09. The Bertz CT molecular complexity index is 608. The number of halogens is 3. The Kier molecular flexibility index (Phi) is 5.02. The molecule has 0 saturated carbocycles. The van der Waals surface area contributed by atoms with Crippen molar-refractivity contribution < 1.29 is 23.0 Å². The van der Waals surface area contributed by atoms with Crippen LogP contribution in [0.2, 0.25) is 0 Å². The lowest BCUT2D eigenvalue weighted by Gasteiger charge is -2.09. The molecule has 1 N–H and O–H groups in total. The van der Waals surface area contributed by atoms with Gasteiger partial charge in [-0.15, -0.1) is 0 Å². The number of benzene rings is 1. The molecule has 0 bridgehead atoms. The number of hydrogen-bond donors (Lipinski definition) is 1. The first-order valence-corrected chi connectivity index (χ1v) is 5.91. The average Bonchev–Trinajstić information content (AvgIpc) is 2.42. The molecule has 0 aliphatic carbocycles. The second-order valence-corrected chi connectivity index (χ2v) is 4.21. The number of nitro benzene ring substituents is 2. The van der Waals surface area contributed by atoms with E-state index in [2.05, 4.69) is 10.5 Å². The van der Waals surface area contributed by atoms with Crippen molar-refractivity contribution in [3.63, 3.8) is 0 Å². The summed E-state index contributed by atoms with van der Waals surface area (Å²) in [5.74, 6) is 0. The zero-order valence-electron chi connectivity index (χ0n) is 11.5. The Hall–Kier alpha value is -2.72. The number of hydrazone groups is 1. The molecule has 0 spiro atoms. The summed E-state index contributed by atoms with van der Waals surface area (Å²) in [6.07, 6.45) is -4.49. The fourth-order valence-electron chi connectivity index (χ4n) is 1.41. The largest absolute Gasteiger partial charge is 0.416 e. The van der Waals surface area contributed by atoms with Crippen LogP contribution in [-0.2, 0) is 6.18 Å². The molecule has 1 aromatic carbocycles. The van der Waals surface area contributed by atoms with Crippen LogP contribution >= 0.6 is 0 Å². The van der Waals surface area contributed by atoms with Crippen molar-refractivity contribution in [1.29, 1.82) is 0 Å². The van der Waals surface area contributed by atoms with Crippen LogP contribution in [0.5, 0.6) is 0 Å². The SMILES string of the molecule is CC/C(C)=N\Nc1c([N+](=O)[O-])cc(C(F)(F)F)cc1[N+](=O)[O-]. The molecule has 0 amide bonds. The van der Waals surface area contributed by atoms with Gasteiger partial charge >= 0.3 is 17.6 Å². The average molecular weight is 320 g/mol. The summed E-state index contributed by atoms with van der Waals surface area (Å²) in [5.41, 5.74) is -1.75. The molecular formula is C11H11F3N4O4. The zero-order valence-corrected chi connectivity index (χ0v) is 11.5. The molecule has 0 radical (unpaired) electrons. The van der Waals surface area contributed by atoms with Gasteiger partial charge in [-0.05, 0) is 13.3 Å². The first-order valence-electron chi connectivity index (χ1n) is 5.91. The predicted octanol–water partition coefficient (Wildman–Crippen LogP) is 3.72. The summed E-state index contributed by atoms with van der Waals surface area (Å²) in [7, 11) is 0. The van der Waals surface area contributed by atoms with Crippen molar-refractivity contribution in [1.82, 2.24) is 0 Å². The van der Waals surface area contributed by atoms with Crippen LogP contribution in [0, 0.1) is 20.2 Å². The standard InChI is InChI=1S/C11H11F3N4O4/c1-3-6(2)15-16-10-8(17(19)20)4-7(11(12,13)14)5-9(10)18(21)22/h4-5,16H,3H2,1-2H3/b15-6-. The van der Waals surface area contributed by atoms with E-state index in [1.807, 2.05) is 0 Å². The minimum Gasteiger partial charge on any atom is -0.266 e. The van der Waals surface area contributed by atoms with Crippen molar-refractivity contribution in [2.24, 2.45) is 5.10 Å². The molecule has 0 unspecified atom stereocenters. The van der Waals surface area contributed by atoms with Crippen molar-refractivity contribution >= 4 is 22.8 Å². The van der Waals surface area contributed by atoms with Crippen LogP contribution < -0.4 is 5.43 Å². The highest BCUT2D eigenvalue weighted by molar-refractivity contribution is 5.83. The van der Waals surface area contributed by atoms with Crippen LogP contribution in [0.3, 0.4) is 0 Å². The van der Waals surface area contributed by atoms with Crippen molar-refractivity contribution in [2.75, 3.05) is 5.43 Å². The van der Waals surface area contributed by atoms with Gasteiger partial charge in [0.15, 0.2) is 0 Å². The van der Waals surface area contributed by atoms with E-state index in [9.17, 15) is 33.4 Å². The molecule has 0 fully saturated rings. The molecule has 0 aromatic heterocycles. The topological polar surface area (TPSA) is 111 Å². The summed E-state index contributed by atoms with van der Waals surface area (Å²) < 4.78 is 38.0. The monoisotopic (exact) mass is 320 g/mol. The van der Waals surface area contributed by atoms with Gasteiger partial charge < -0.3 is 0 Å². The third kappa shape index (κ3) is 3.90. The number of anilines is 1. The maximum absolute atomic E-state index is 12.7. The van der Waals surface area contributed by atoms with Gasteiger partial charge in [0.1, 0.15) is 0 Å². The van der Waals surface area contributed by atoms with E-state index in [0.717, 1.165) is 0 Å². The van der Waals surface area contributed by atoms with Gasteiger partial charge in [0.05, 0.1) is 15.4 Å². The van der Waals surface area contributed by atoms with Gasteiger partial charge in [-0.3, -0.25) is 25.7 Å². The van der Waals surface area contributed by atoms with E-state index < -0.39 is 38.6 Å². The summed E-state index contributed by atoms with van der Waals surface area (Å²) in [5, 5.41) is 25.5. The van der Waals surface area contributed by atoms with Gasteiger partial charge in [0, 0.05) is 17.8 Å². The van der Waals surface area contributed by atoms with Crippen molar-refractivity contribution in [3.05, 3.63) is 37.9 Å². The molecule has 0 atom stereocenters. The van der Waals surface area contributed by atoms with E-state index in [0.29, 0.717) is 12.1 Å². The Morgan fingerprint density at radius 3 is 2.00 bits per heavy atom. The highest BCUT2D eigenvalue weighted by Crippen LogP contribution is 2.41. The minimum absolute atomic E-state index is 0.228. The second kappa shape index (κ2) is 6.37. The Morgan fingerprint density at radius 1 is 1.23 bits per heavy atom. The maximum Gasteiger partial charge on any atom is 0.416 e. The molecule has 22 heavy (non-hydrogen) atoms. The number of nitrogens with zero attached hydrogens (tertiary/aromatic N) is 3. The van der Waals surface area contributed by atoms with Gasteiger partial charge in [-0.1, -0.05) is 6.92 Å². The molecule has 120 valence electrons. The van der Waals surface area contributed by atoms with Gasteiger partial charge in [-0.25, -0.2) is 0 Å². The molecule has 8 nitrogen and oxygen atoms in total. The minimum atomic E-state index is -4.95. The molecule has 1 rings (SSSR count). The molecule has 0 saturated heterocycles. The zero-order chi connectivity index (χ0) is 17.1. The predicted molar refractivity (Wildman–Crippen MR) is 71.8 cm³/mol. The lowest BCUT2D eigenvalue weighted by atomic mass is 10.1. The summed E-state index contributed by atoms with van der Waals surface area (Å²) >= 11 is 0. The molecule has 11 heteroatoms. The van der Waals surface area contributed by atoms with E-state index in [1.54, 1.807) is 13.8 Å². The van der Waals surface area contributed by atoms with Crippen LogP contribution in [0.25, 0.3) is 0 Å². The normalized spacial score (nSPS) is 12.1. The molecule has 0 aliphatic heterocycles.